The van der Waals surface area contributed by atoms with Crippen molar-refractivity contribution >= 4 is 11.3 Å². The van der Waals surface area contributed by atoms with E-state index in [4.69, 9.17) is 0 Å². The molecule has 2 aliphatic rings. The number of para-hydroxylation sites is 1. The van der Waals surface area contributed by atoms with E-state index in [9.17, 15) is 0 Å². The van der Waals surface area contributed by atoms with E-state index in [1.54, 1.807) is 0 Å². The predicted molar refractivity (Wildman–Crippen MR) is 86.1 cm³/mol. The smallest absolute Gasteiger partial charge is 0.135 e. The van der Waals surface area contributed by atoms with Gasteiger partial charge in [-0.2, -0.15) is 0 Å². The molecular weight excluding hydrogens is 258 g/mol. The molecule has 1 atom stereocenters. The van der Waals surface area contributed by atoms with E-state index >= 15 is 0 Å². The van der Waals surface area contributed by atoms with E-state index in [-0.39, 0.29) is 5.41 Å². The van der Waals surface area contributed by atoms with Crippen molar-refractivity contribution in [2.45, 2.75) is 25.7 Å². The third kappa shape index (κ3) is 1.99. The first-order valence-electron chi connectivity index (χ1n) is 7.79. The number of aromatic nitrogens is 2. The number of benzene rings is 1. The van der Waals surface area contributed by atoms with Crippen LogP contribution < -0.4 is 5.32 Å². The molecular formula is C18H21N3. The maximum absolute atomic E-state index is 4.61. The molecule has 0 saturated heterocycles. The first kappa shape index (κ1) is 12.7. The highest BCUT2D eigenvalue weighted by molar-refractivity contribution is 5.70. The van der Waals surface area contributed by atoms with Gasteiger partial charge in [-0.05, 0) is 42.9 Å². The summed E-state index contributed by atoms with van der Waals surface area (Å²) in [5.41, 5.74) is 4.45. The van der Waals surface area contributed by atoms with Gasteiger partial charge in [0.05, 0.1) is 0 Å². The molecule has 2 heterocycles. The molecule has 1 aromatic carbocycles. The van der Waals surface area contributed by atoms with Crippen LogP contribution in [0.1, 0.15) is 30.7 Å². The SMILES string of the molecule is Cn1ccnc1C1=CCCC12CCNc1ccccc1C2. The topological polar surface area (TPSA) is 29.9 Å². The van der Waals surface area contributed by atoms with Gasteiger partial charge in [0.15, 0.2) is 0 Å². The van der Waals surface area contributed by atoms with Gasteiger partial charge in [-0.3, -0.25) is 0 Å². The molecule has 2 aromatic rings. The lowest BCUT2D eigenvalue weighted by Gasteiger charge is -2.31. The van der Waals surface area contributed by atoms with E-state index in [2.05, 4.69) is 52.3 Å². The average molecular weight is 279 g/mol. The Morgan fingerprint density at radius 2 is 2.14 bits per heavy atom. The second-order valence-electron chi connectivity index (χ2n) is 6.31. The molecule has 1 spiro atoms. The lowest BCUT2D eigenvalue weighted by Crippen LogP contribution is -2.24. The van der Waals surface area contributed by atoms with Crippen LogP contribution in [-0.2, 0) is 13.5 Å². The van der Waals surface area contributed by atoms with Gasteiger partial charge < -0.3 is 9.88 Å². The van der Waals surface area contributed by atoms with Crippen LogP contribution in [0.25, 0.3) is 5.57 Å². The summed E-state index contributed by atoms with van der Waals surface area (Å²) in [6.45, 7) is 1.04. The summed E-state index contributed by atoms with van der Waals surface area (Å²) in [4.78, 5) is 4.61. The van der Waals surface area contributed by atoms with Gasteiger partial charge in [0.1, 0.15) is 5.82 Å². The van der Waals surface area contributed by atoms with Gasteiger partial charge >= 0.3 is 0 Å². The number of hydrogen-bond acceptors (Lipinski definition) is 2. The number of hydrogen-bond donors (Lipinski definition) is 1. The molecule has 1 aromatic heterocycles. The van der Waals surface area contributed by atoms with Crippen LogP contribution >= 0.6 is 0 Å². The molecule has 0 fully saturated rings. The minimum atomic E-state index is 0.249. The van der Waals surface area contributed by atoms with Crippen molar-refractivity contribution in [1.29, 1.82) is 0 Å². The second-order valence-corrected chi connectivity index (χ2v) is 6.31. The molecule has 3 heteroatoms. The zero-order valence-corrected chi connectivity index (χ0v) is 12.5. The molecule has 0 bridgehead atoms. The van der Waals surface area contributed by atoms with Crippen molar-refractivity contribution in [3.63, 3.8) is 0 Å². The van der Waals surface area contributed by atoms with Crippen LogP contribution in [0.2, 0.25) is 0 Å². The standard InChI is InChI=1S/C18H21N3/c1-21-12-11-20-17(21)15-6-4-8-18(15)9-10-19-16-7-3-2-5-14(16)13-18/h2-3,5-7,11-12,19H,4,8-10,13H2,1H3. The van der Waals surface area contributed by atoms with Crippen LogP contribution in [0, 0.1) is 5.41 Å². The van der Waals surface area contributed by atoms with E-state index in [0.717, 1.165) is 18.8 Å². The minimum Gasteiger partial charge on any atom is -0.385 e. The maximum atomic E-state index is 4.61. The number of fused-ring (bicyclic) bond motifs is 1. The van der Waals surface area contributed by atoms with Gasteiger partial charge in [-0.15, -0.1) is 0 Å². The Morgan fingerprint density at radius 1 is 1.24 bits per heavy atom. The molecule has 1 N–H and O–H groups in total. The Bertz CT molecular complexity index is 698. The molecule has 0 amide bonds. The summed E-state index contributed by atoms with van der Waals surface area (Å²) >= 11 is 0. The predicted octanol–water partition coefficient (Wildman–Crippen LogP) is 3.64. The van der Waals surface area contributed by atoms with E-state index < -0.39 is 0 Å². The van der Waals surface area contributed by atoms with Crippen LogP contribution in [-0.4, -0.2) is 16.1 Å². The van der Waals surface area contributed by atoms with Crippen molar-refractivity contribution in [3.8, 4) is 0 Å². The van der Waals surface area contributed by atoms with Crippen molar-refractivity contribution in [2.75, 3.05) is 11.9 Å². The third-order valence-corrected chi connectivity index (χ3v) is 5.07. The van der Waals surface area contributed by atoms with Crippen LogP contribution in [0.5, 0.6) is 0 Å². The zero-order chi connectivity index (χ0) is 14.3. The third-order valence-electron chi connectivity index (χ3n) is 5.07. The average Bonchev–Trinajstić information content (AvgIpc) is 3.01. The van der Waals surface area contributed by atoms with Crippen LogP contribution in [0.4, 0.5) is 5.69 Å². The summed E-state index contributed by atoms with van der Waals surface area (Å²) in [7, 11) is 2.10. The van der Waals surface area contributed by atoms with Crippen molar-refractivity contribution < 1.29 is 0 Å². The Balaban J connectivity index is 1.77. The number of allylic oxidation sites excluding steroid dienone is 2. The molecule has 21 heavy (non-hydrogen) atoms. The highest BCUT2D eigenvalue weighted by Gasteiger charge is 2.40. The molecule has 108 valence electrons. The van der Waals surface area contributed by atoms with E-state index in [1.807, 2.05) is 12.4 Å². The van der Waals surface area contributed by atoms with Gasteiger partial charge in [-0.25, -0.2) is 4.98 Å². The second kappa shape index (κ2) is 4.76. The fourth-order valence-corrected chi connectivity index (χ4v) is 3.98. The number of imidazole rings is 1. The molecule has 3 nitrogen and oxygen atoms in total. The number of nitrogens with zero attached hydrogens (tertiary/aromatic N) is 2. The Kier molecular flexibility index (Phi) is 2.88. The van der Waals surface area contributed by atoms with Crippen LogP contribution in [0.15, 0.2) is 42.7 Å². The fraction of sp³-hybridized carbons (Fsp3) is 0.389. The summed E-state index contributed by atoms with van der Waals surface area (Å²) in [6, 6.07) is 8.74. The van der Waals surface area contributed by atoms with Crippen molar-refractivity contribution in [3.05, 3.63) is 54.1 Å². The van der Waals surface area contributed by atoms with Crippen molar-refractivity contribution in [1.82, 2.24) is 9.55 Å². The van der Waals surface area contributed by atoms with Gasteiger partial charge in [0, 0.05) is 37.1 Å². The number of rotatable bonds is 1. The molecule has 1 unspecified atom stereocenters. The normalized spacial score (nSPS) is 24.3. The quantitative estimate of drug-likeness (QED) is 0.863. The Labute approximate surface area is 125 Å². The van der Waals surface area contributed by atoms with Crippen molar-refractivity contribution in [2.24, 2.45) is 12.5 Å². The fourth-order valence-electron chi connectivity index (χ4n) is 3.98. The molecule has 0 radical (unpaired) electrons. The Morgan fingerprint density at radius 3 is 3.00 bits per heavy atom. The van der Waals surface area contributed by atoms with Gasteiger partial charge in [0.25, 0.3) is 0 Å². The summed E-state index contributed by atoms with van der Waals surface area (Å²) in [5.74, 6) is 1.15. The summed E-state index contributed by atoms with van der Waals surface area (Å²) in [6.07, 6.45) is 11.1. The largest absolute Gasteiger partial charge is 0.385 e. The molecule has 1 aliphatic heterocycles. The molecule has 4 rings (SSSR count). The zero-order valence-electron chi connectivity index (χ0n) is 12.5. The maximum Gasteiger partial charge on any atom is 0.135 e. The van der Waals surface area contributed by atoms with E-state index in [0.29, 0.717) is 0 Å². The first-order chi connectivity index (χ1) is 10.3. The van der Waals surface area contributed by atoms with Crippen LogP contribution in [0.3, 0.4) is 0 Å². The van der Waals surface area contributed by atoms with E-state index in [1.165, 1.54) is 36.1 Å². The monoisotopic (exact) mass is 279 g/mol. The molecule has 0 saturated carbocycles. The summed E-state index contributed by atoms with van der Waals surface area (Å²) < 4.78 is 2.16. The minimum absolute atomic E-state index is 0.249. The lowest BCUT2D eigenvalue weighted by atomic mass is 9.73. The summed E-state index contributed by atoms with van der Waals surface area (Å²) in [5, 5.41) is 3.60. The number of anilines is 1. The highest BCUT2D eigenvalue weighted by Crippen LogP contribution is 2.50. The highest BCUT2D eigenvalue weighted by atomic mass is 15.0. The number of nitrogens with one attached hydrogen (secondary N) is 1. The van der Waals surface area contributed by atoms with Gasteiger partial charge in [-0.1, -0.05) is 24.3 Å². The first-order valence-corrected chi connectivity index (χ1v) is 7.79. The number of aryl methyl sites for hydroxylation is 1. The lowest BCUT2D eigenvalue weighted by molar-refractivity contribution is 0.369. The molecule has 1 aliphatic carbocycles. The Hall–Kier alpha value is -2.03. The van der Waals surface area contributed by atoms with Gasteiger partial charge in [0.2, 0.25) is 0 Å².